The van der Waals surface area contributed by atoms with E-state index in [1.165, 1.54) is 0 Å². The number of benzene rings is 1. The van der Waals surface area contributed by atoms with Gasteiger partial charge in [-0.2, -0.15) is 0 Å². The highest BCUT2D eigenvalue weighted by Crippen LogP contribution is 2.23. The Balaban J connectivity index is 2.71. The second-order valence-electron chi connectivity index (χ2n) is 3.87. The zero-order valence-electron chi connectivity index (χ0n) is 9.51. The second kappa shape index (κ2) is 5.51. The number of carboxylic acid groups (broad SMARTS) is 1. The summed E-state index contributed by atoms with van der Waals surface area (Å²) in [6.45, 7) is 1.84. The lowest BCUT2D eigenvalue weighted by atomic mass is 9.93. The van der Waals surface area contributed by atoms with Gasteiger partial charge in [0, 0.05) is 12.5 Å². The molecule has 88 valence electrons. The first-order valence-corrected chi connectivity index (χ1v) is 5.16. The molecule has 0 aromatic heterocycles. The van der Waals surface area contributed by atoms with Crippen LogP contribution < -0.4 is 10.5 Å². The van der Waals surface area contributed by atoms with Gasteiger partial charge in [0.15, 0.2) is 0 Å². The number of carboxylic acids is 1. The molecule has 0 aliphatic carbocycles. The van der Waals surface area contributed by atoms with Crippen molar-refractivity contribution in [2.45, 2.75) is 19.4 Å². The largest absolute Gasteiger partial charge is 0.497 e. The van der Waals surface area contributed by atoms with Crippen LogP contribution in [0.5, 0.6) is 5.75 Å². The Morgan fingerprint density at radius 3 is 2.44 bits per heavy atom. The molecule has 0 heterocycles. The summed E-state index contributed by atoms with van der Waals surface area (Å²) in [5.74, 6) is -0.149. The lowest BCUT2D eigenvalue weighted by Crippen LogP contribution is -2.21. The molecule has 0 amide bonds. The van der Waals surface area contributed by atoms with Crippen LogP contribution in [0.25, 0.3) is 0 Å². The van der Waals surface area contributed by atoms with Crippen LogP contribution in [0.15, 0.2) is 24.3 Å². The van der Waals surface area contributed by atoms with Gasteiger partial charge in [0.2, 0.25) is 0 Å². The van der Waals surface area contributed by atoms with Crippen molar-refractivity contribution in [2.75, 3.05) is 7.11 Å². The minimum absolute atomic E-state index is 0.0766. The quantitative estimate of drug-likeness (QED) is 0.798. The van der Waals surface area contributed by atoms with Gasteiger partial charge in [0.25, 0.3) is 0 Å². The van der Waals surface area contributed by atoms with Gasteiger partial charge < -0.3 is 15.6 Å². The van der Waals surface area contributed by atoms with E-state index >= 15 is 0 Å². The van der Waals surface area contributed by atoms with Crippen LogP contribution in [0.1, 0.15) is 24.9 Å². The fourth-order valence-corrected chi connectivity index (χ4v) is 1.56. The minimum Gasteiger partial charge on any atom is -0.497 e. The van der Waals surface area contributed by atoms with Crippen LogP contribution in [0.2, 0.25) is 0 Å². The zero-order valence-corrected chi connectivity index (χ0v) is 9.51. The van der Waals surface area contributed by atoms with E-state index < -0.39 is 5.97 Å². The van der Waals surface area contributed by atoms with Gasteiger partial charge in [-0.15, -0.1) is 0 Å². The Labute approximate surface area is 95.0 Å². The Bertz CT molecular complexity index is 348. The highest BCUT2D eigenvalue weighted by atomic mass is 16.5. The summed E-state index contributed by atoms with van der Waals surface area (Å²) in [5.41, 5.74) is 6.90. The number of aliphatic carboxylic acids is 1. The molecule has 2 atom stereocenters. The molecule has 0 radical (unpaired) electrons. The summed E-state index contributed by atoms with van der Waals surface area (Å²) in [7, 11) is 1.60. The molecule has 0 saturated heterocycles. The maximum Gasteiger partial charge on any atom is 0.303 e. The summed E-state index contributed by atoms with van der Waals surface area (Å²) in [4.78, 5) is 10.6. The van der Waals surface area contributed by atoms with Gasteiger partial charge in [0.05, 0.1) is 7.11 Å². The molecule has 1 aromatic carbocycles. The summed E-state index contributed by atoms with van der Waals surface area (Å²) in [6, 6.07) is 7.11. The maximum absolute atomic E-state index is 10.6. The van der Waals surface area contributed by atoms with Crippen molar-refractivity contribution < 1.29 is 14.6 Å². The van der Waals surface area contributed by atoms with Crippen molar-refractivity contribution >= 4 is 5.97 Å². The number of methoxy groups -OCH3 is 1. The number of rotatable bonds is 5. The molecule has 0 spiro atoms. The van der Waals surface area contributed by atoms with E-state index in [-0.39, 0.29) is 18.4 Å². The van der Waals surface area contributed by atoms with E-state index in [2.05, 4.69) is 0 Å². The van der Waals surface area contributed by atoms with Crippen LogP contribution >= 0.6 is 0 Å². The molecular formula is C12H17NO3. The first kappa shape index (κ1) is 12.5. The van der Waals surface area contributed by atoms with Crippen LogP contribution in [0.3, 0.4) is 0 Å². The molecule has 0 bridgehead atoms. The van der Waals surface area contributed by atoms with Gasteiger partial charge in [-0.05, 0) is 23.6 Å². The molecule has 0 aliphatic rings. The number of carbonyl (C=O) groups is 1. The first-order chi connectivity index (χ1) is 7.54. The van der Waals surface area contributed by atoms with Crippen LogP contribution in [0, 0.1) is 5.92 Å². The summed E-state index contributed by atoms with van der Waals surface area (Å²) < 4.78 is 5.04. The van der Waals surface area contributed by atoms with E-state index in [1.807, 2.05) is 31.2 Å². The standard InChI is InChI=1S/C12H17NO3/c1-8(7-11(14)15)12(13)9-3-5-10(16-2)6-4-9/h3-6,8,12H,7,13H2,1-2H3,(H,14,15). The number of hydrogen-bond acceptors (Lipinski definition) is 3. The van der Waals surface area contributed by atoms with Gasteiger partial charge in [-0.3, -0.25) is 4.79 Å². The van der Waals surface area contributed by atoms with E-state index in [4.69, 9.17) is 15.6 Å². The van der Waals surface area contributed by atoms with Gasteiger partial charge in [-0.1, -0.05) is 19.1 Å². The first-order valence-electron chi connectivity index (χ1n) is 5.16. The SMILES string of the molecule is COc1ccc(C(N)C(C)CC(=O)O)cc1. The van der Waals surface area contributed by atoms with Crippen molar-refractivity contribution in [2.24, 2.45) is 11.7 Å². The fraction of sp³-hybridized carbons (Fsp3) is 0.417. The molecular weight excluding hydrogens is 206 g/mol. The molecule has 2 unspecified atom stereocenters. The predicted octanol–water partition coefficient (Wildman–Crippen LogP) is 1.81. The molecule has 1 rings (SSSR count). The molecule has 0 aliphatic heterocycles. The average Bonchev–Trinajstić information content (AvgIpc) is 2.27. The summed E-state index contributed by atoms with van der Waals surface area (Å²) in [6.07, 6.45) is 0.0766. The van der Waals surface area contributed by atoms with Crippen molar-refractivity contribution in [3.63, 3.8) is 0 Å². The normalized spacial score (nSPS) is 14.2. The Kier molecular flexibility index (Phi) is 4.31. The highest BCUT2D eigenvalue weighted by molar-refractivity contribution is 5.67. The van der Waals surface area contributed by atoms with Gasteiger partial charge in [0.1, 0.15) is 5.75 Å². The van der Waals surface area contributed by atoms with Crippen molar-refractivity contribution in [1.82, 2.24) is 0 Å². The van der Waals surface area contributed by atoms with E-state index in [0.717, 1.165) is 11.3 Å². The lowest BCUT2D eigenvalue weighted by Gasteiger charge is -2.18. The Morgan fingerprint density at radius 2 is 2.00 bits per heavy atom. The molecule has 1 aromatic rings. The van der Waals surface area contributed by atoms with Crippen LogP contribution in [-0.4, -0.2) is 18.2 Å². The third-order valence-electron chi connectivity index (χ3n) is 2.61. The fourth-order valence-electron chi connectivity index (χ4n) is 1.56. The molecule has 3 N–H and O–H groups in total. The molecule has 4 nitrogen and oxygen atoms in total. The van der Waals surface area contributed by atoms with Crippen molar-refractivity contribution in [3.05, 3.63) is 29.8 Å². The zero-order chi connectivity index (χ0) is 12.1. The topological polar surface area (TPSA) is 72.5 Å². The van der Waals surface area contributed by atoms with E-state index in [9.17, 15) is 4.79 Å². The van der Waals surface area contributed by atoms with Gasteiger partial charge >= 0.3 is 5.97 Å². The molecule has 0 fully saturated rings. The van der Waals surface area contributed by atoms with Gasteiger partial charge in [-0.25, -0.2) is 0 Å². The highest BCUT2D eigenvalue weighted by Gasteiger charge is 2.17. The number of ether oxygens (including phenoxy) is 1. The van der Waals surface area contributed by atoms with Crippen LogP contribution in [0.4, 0.5) is 0 Å². The minimum atomic E-state index is -0.823. The lowest BCUT2D eigenvalue weighted by molar-refractivity contribution is -0.138. The Morgan fingerprint density at radius 1 is 1.44 bits per heavy atom. The third-order valence-corrected chi connectivity index (χ3v) is 2.61. The van der Waals surface area contributed by atoms with Crippen molar-refractivity contribution in [3.8, 4) is 5.75 Å². The summed E-state index contributed by atoms with van der Waals surface area (Å²) >= 11 is 0. The number of hydrogen-bond donors (Lipinski definition) is 2. The monoisotopic (exact) mass is 223 g/mol. The van der Waals surface area contributed by atoms with Crippen LogP contribution in [-0.2, 0) is 4.79 Å². The van der Waals surface area contributed by atoms with Crippen molar-refractivity contribution in [1.29, 1.82) is 0 Å². The maximum atomic E-state index is 10.6. The second-order valence-corrected chi connectivity index (χ2v) is 3.87. The molecule has 4 heteroatoms. The smallest absolute Gasteiger partial charge is 0.303 e. The Hall–Kier alpha value is -1.55. The predicted molar refractivity (Wildman–Crippen MR) is 61.3 cm³/mol. The molecule has 0 saturated carbocycles. The molecule has 16 heavy (non-hydrogen) atoms. The van der Waals surface area contributed by atoms with E-state index in [0.29, 0.717) is 0 Å². The third kappa shape index (κ3) is 3.24. The number of nitrogens with two attached hydrogens (primary N) is 1. The average molecular weight is 223 g/mol. The summed E-state index contributed by atoms with van der Waals surface area (Å²) in [5, 5.41) is 8.69. The van der Waals surface area contributed by atoms with E-state index in [1.54, 1.807) is 7.11 Å².